The van der Waals surface area contributed by atoms with Crippen LogP contribution < -0.4 is 0 Å². The van der Waals surface area contributed by atoms with Crippen LogP contribution in [-0.2, 0) is 12.8 Å². The lowest BCUT2D eigenvalue weighted by atomic mass is 9.91. The van der Waals surface area contributed by atoms with Crippen molar-refractivity contribution in [2.24, 2.45) is 0 Å². The predicted octanol–water partition coefficient (Wildman–Crippen LogP) is 2.58. The Balaban J connectivity index is 1.62. The zero-order valence-electron chi connectivity index (χ0n) is 13.1. The topological polar surface area (TPSA) is 72.8 Å². The van der Waals surface area contributed by atoms with Crippen LogP contribution in [0.1, 0.15) is 46.4 Å². The summed E-state index contributed by atoms with van der Waals surface area (Å²) in [6, 6.07) is 6.23. The standard InChI is InChI=1S/C18H17FN4O/c19-16-7-11(9-20)1-5-15(16)18(24)23(13-2-3-13)14-4-6-17-12(8-14)10-21-22-17/h1,5,7,10,13-14H,2-4,6,8H2,(H,21,22). The summed E-state index contributed by atoms with van der Waals surface area (Å²) >= 11 is 0. The van der Waals surface area contributed by atoms with Gasteiger partial charge in [0, 0.05) is 17.8 Å². The van der Waals surface area contributed by atoms with Gasteiger partial charge in [-0.25, -0.2) is 4.39 Å². The van der Waals surface area contributed by atoms with Crippen molar-refractivity contribution in [3.05, 3.63) is 52.6 Å². The Morgan fingerprint density at radius 1 is 1.33 bits per heavy atom. The summed E-state index contributed by atoms with van der Waals surface area (Å²) in [6.45, 7) is 0. The summed E-state index contributed by atoms with van der Waals surface area (Å²) in [4.78, 5) is 14.8. The Morgan fingerprint density at radius 2 is 2.17 bits per heavy atom. The van der Waals surface area contributed by atoms with Crippen molar-refractivity contribution in [1.29, 1.82) is 5.26 Å². The van der Waals surface area contributed by atoms with Gasteiger partial charge in [0.2, 0.25) is 0 Å². The van der Waals surface area contributed by atoms with E-state index in [0.717, 1.165) is 49.4 Å². The van der Waals surface area contributed by atoms with Gasteiger partial charge in [-0.15, -0.1) is 0 Å². The number of hydrogen-bond acceptors (Lipinski definition) is 3. The molecule has 1 amide bonds. The van der Waals surface area contributed by atoms with Gasteiger partial charge in [-0.1, -0.05) is 0 Å². The lowest BCUT2D eigenvalue weighted by Gasteiger charge is -2.34. The van der Waals surface area contributed by atoms with Crippen LogP contribution in [0.25, 0.3) is 0 Å². The SMILES string of the molecule is N#Cc1ccc(C(=O)N(C2CC2)C2CCc3[nH]ncc3C2)c(F)c1. The van der Waals surface area contributed by atoms with E-state index in [1.807, 2.05) is 17.2 Å². The Kier molecular flexibility index (Phi) is 3.57. The predicted molar refractivity (Wildman–Crippen MR) is 84.7 cm³/mol. The highest BCUT2D eigenvalue weighted by molar-refractivity contribution is 5.95. The van der Waals surface area contributed by atoms with Gasteiger partial charge in [0.05, 0.1) is 23.4 Å². The number of amides is 1. The second-order valence-corrected chi connectivity index (χ2v) is 6.52. The fourth-order valence-electron chi connectivity index (χ4n) is 3.51. The maximum Gasteiger partial charge on any atom is 0.257 e. The van der Waals surface area contributed by atoms with Gasteiger partial charge in [0.1, 0.15) is 5.82 Å². The molecule has 0 bridgehead atoms. The van der Waals surface area contributed by atoms with Crippen LogP contribution in [0.3, 0.4) is 0 Å². The fraction of sp³-hybridized carbons (Fsp3) is 0.389. The minimum Gasteiger partial charge on any atom is -0.332 e. The van der Waals surface area contributed by atoms with Crippen LogP contribution in [0.5, 0.6) is 0 Å². The molecule has 5 nitrogen and oxygen atoms in total. The number of fused-ring (bicyclic) bond motifs is 1. The van der Waals surface area contributed by atoms with Gasteiger partial charge in [-0.05, 0) is 55.9 Å². The summed E-state index contributed by atoms with van der Waals surface area (Å²) in [6.07, 6.45) is 6.23. The van der Waals surface area contributed by atoms with Crippen molar-refractivity contribution < 1.29 is 9.18 Å². The number of nitriles is 1. The normalized spacial score (nSPS) is 19.4. The maximum absolute atomic E-state index is 14.3. The van der Waals surface area contributed by atoms with Crippen LogP contribution in [0, 0.1) is 17.1 Å². The summed E-state index contributed by atoms with van der Waals surface area (Å²) in [7, 11) is 0. The molecule has 0 spiro atoms. The number of aromatic nitrogens is 2. The number of aromatic amines is 1. The van der Waals surface area contributed by atoms with E-state index < -0.39 is 5.82 Å². The molecule has 24 heavy (non-hydrogen) atoms. The number of aryl methyl sites for hydroxylation is 1. The first-order chi connectivity index (χ1) is 11.7. The Morgan fingerprint density at radius 3 is 2.88 bits per heavy atom. The third kappa shape index (κ3) is 2.56. The number of benzene rings is 1. The first-order valence-corrected chi connectivity index (χ1v) is 8.21. The van der Waals surface area contributed by atoms with Crippen LogP contribution >= 0.6 is 0 Å². The van der Waals surface area contributed by atoms with Gasteiger partial charge in [0.25, 0.3) is 5.91 Å². The highest BCUT2D eigenvalue weighted by Gasteiger charge is 2.39. The molecule has 0 saturated heterocycles. The number of hydrogen-bond donors (Lipinski definition) is 1. The third-order valence-electron chi connectivity index (χ3n) is 4.89. The summed E-state index contributed by atoms with van der Waals surface area (Å²) in [5, 5.41) is 15.9. The Bertz CT molecular complexity index is 834. The average Bonchev–Trinajstić information content (AvgIpc) is 3.30. The number of H-pyrrole nitrogens is 1. The van der Waals surface area contributed by atoms with Crippen LogP contribution in [-0.4, -0.2) is 33.1 Å². The molecule has 1 saturated carbocycles. The number of carbonyl (C=O) groups excluding carboxylic acids is 1. The number of nitrogens with zero attached hydrogens (tertiary/aromatic N) is 3. The third-order valence-corrected chi connectivity index (χ3v) is 4.89. The van der Waals surface area contributed by atoms with Crippen molar-refractivity contribution >= 4 is 5.91 Å². The number of halogens is 1. The Labute approximate surface area is 139 Å². The van der Waals surface area contributed by atoms with Gasteiger partial charge in [0.15, 0.2) is 0 Å². The largest absolute Gasteiger partial charge is 0.332 e. The second kappa shape index (κ2) is 5.75. The minimum absolute atomic E-state index is 0.0545. The molecule has 0 radical (unpaired) electrons. The molecule has 6 heteroatoms. The van der Waals surface area contributed by atoms with E-state index in [1.165, 1.54) is 12.1 Å². The molecule has 2 aromatic rings. The molecule has 2 aliphatic carbocycles. The fourth-order valence-corrected chi connectivity index (χ4v) is 3.51. The zero-order chi connectivity index (χ0) is 16.7. The first-order valence-electron chi connectivity index (χ1n) is 8.21. The van der Waals surface area contributed by atoms with Gasteiger partial charge >= 0.3 is 0 Å². The molecule has 122 valence electrons. The highest BCUT2D eigenvalue weighted by Crippen LogP contribution is 2.34. The maximum atomic E-state index is 14.3. The van der Waals surface area contributed by atoms with E-state index in [1.54, 1.807) is 0 Å². The monoisotopic (exact) mass is 324 g/mol. The van der Waals surface area contributed by atoms with E-state index in [4.69, 9.17) is 5.26 Å². The number of carbonyl (C=O) groups is 1. The molecular formula is C18H17FN4O. The molecule has 1 aromatic heterocycles. The molecule has 1 fully saturated rings. The number of nitrogens with one attached hydrogen (secondary N) is 1. The van der Waals surface area contributed by atoms with Crippen LogP contribution in [0.15, 0.2) is 24.4 Å². The summed E-state index contributed by atoms with van der Waals surface area (Å²) in [5.41, 5.74) is 2.56. The van der Waals surface area contributed by atoms with Crippen LogP contribution in [0.4, 0.5) is 4.39 Å². The summed E-state index contributed by atoms with van der Waals surface area (Å²) in [5.74, 6) is -0.888. The van der Waals surface area contributed by atoms with Crippen molar-refractivity contribution in [2.45, 2.75) is 44.2 Å². The summed E-state index contributed by atoms with van der Waals surface area (Å²) < 4.78 is 14.3. The zero-order valence-corrected chi connectivity index (χ0v) is 13.1. The van der Waals surface area contributed by atoms with Gasteiger partial charge in [-0.3, -0.25) is 9.89 Å². The number of rotatable bonds is 3. The molecule has 1 heterocycles. The lowest BCUT2D eigenvalue weighted by Crippen LogP contribution is -2.45. The molecule has 1 aromatic carbocycles. The van der Waals surface area contributed by atoms with E-state index in [-0.39, 0.29) is 29.1 Å². The van der Waals surface area contributed by atoms with E-state index in [2.05, 4.69) is 10.2 Å². The quantitative estimate of drug-likeness (QED) is 0.943. The molecule has 4 rings (SSSR count). The first kappa shape index (κ1) is 14.9. The molecule has 1 N–H and O–H groups in total. The van der Waals surface area contributed by atoms with Crippen molar-refractivity contribution in [2.75, 3.05) is 0 Å². The van der Waals surface area contributed by atoms with Crippen molar-refractivity contribution in [1.82, 2.24) is 15.1 Å². The van der Waals surface area contributed by atoms with Crippen molar-refractivity contribution in [3.63, 3.8) is 0 Å². The average molecular weight is 324 g/mol. The Hall–Kier alpha value is -2.68. The molecule has 2 aliphatic rings. The molecule has 1 atom stereocenters. The van der Waals surface area contributed by atoms with Gasteiger partial charge in [-0.2, -0.15) is 10.4 Å². The van der Waals surface area contributed by atoms with Crippen LogP contribution in [0.2, 0.25) is 0 Å². The molecule has 0 aliphatic heterocycles. The van der Waals surface area contributed by atoms with Gasteiger partial charge < -0.3 is 4.90 Å². The smallest absolute Gasteiger partial charge is 0.257 e. The second-order valence-electron chi connectivity index (χ2n) is 6.52. The minimum atomic E-state index is -0.621. The highest BCUT2D eigenvalue weighted by atomic mass is 19.1. The molecular weight excluding hydrogens is 307 g/mol. The van der Waals surface area contributed by atoms with Crippen molar-refractivity contribution in [3.8, 4) is 6.07 Å². The van der Waals surface area contributed by atoms with E-state index in [0.29, 0.717) is 0 Å². The van der Waals surface area contributed by atoms with E-state index >= 15 is 0 Å². The molecule has 1 unspecified atom stereocenters. The lowest BCUT2D eigenvalue weighted by molar-refractivity contribution is 0.0638. The van der Waals surface area contributed by atoms with E-state index in [9.17, 15) is 9.18 Å².